The summed E-state index contributed by atoms with van der Waals surface area (Å²) >= 11 is 0. The first-order valence-corrected chi connectivity index (χ1v) is 15.8. The largest absolute Gasteiger partial charge is 0.494 e. The van der Waals surface area contributed by atoms with E-state index in [0.29, 0.717) is 30.2 Å². The molecule has 3 rings (SSSR count). The van der Waals surface area contributed by atoms with Crippen LogP contribution in [0.2, 0.25) is 0 Å². The highest BCUT2D eigenvalue weighted by atomic mass is 32.2. The van der Waals surface area contributed by atoms with Gasteiger partial charge >= 0.3 is 0 Å². The van der Waals surface area contributed by atoms with Crippen LogP contribution >= 0.6 is 0 Å². The number of nitrogens with zero attached hydrogens (tertiary/aromatic N) is 2. The van der Waals surface area contributed by atoms with Crippen molar-refractivity contribution in [1.29, 1.82) is 0 Å². The number of hydrogen-bond donors (Lipinski definition) is 1. The summed E-state index contributed by atoms with van der Waals surface area (Å²) < 4.78 is 59.0. The molecule has 44 heavy (non-hydrogen) atoms. The highest BCUT2D eigenvalue weighted by Crippen LogP contribution is 2.33. The zero-order chi connectivity index (χ0) is 32.3. The molecule has 0 radical (unpaired) electrons. The van der Waals surface area contributed by atoms with Gasteiger partial charge in [0, 0.05) is 19.2 Å². The number of nitrogens with one attached hydrogen (secondary N) is 1. The van der Waals surface area contributed by atoms with Crippen LogP contribution in [0.5, 0.6) is 17.2 Å². The number of rotatable bonds is 16. The van der Waals surface area contributed by atoms with Crippen molar-refractivity contribution >= 4 is 27.5 Å². The van der Waals surface area contributed by atoms with Crippen molar-refractivity contribution in [2.75, 3.05) is 38.2 Å². The van der Waals surface area contributed by atoms with E-state index < -0.39 is 34.3 Å². The predicted molar refractivity (Wildman–Crippen MR) is 166 cm³/mol. The Bertz CT molecular complexity index is 1500. The van der Waals surface area contributed by atoms with E-state index in [1.165, 1.54) is 61.6 Å². The molecule has 1 unspecified atom stereocenters. The molecule has 0 saturated carbocycles. The highest BCUT2D eigenvalue weighted by Gasteiger charge is 2.33. The number of carbonyl (C=O) groups is 2. The fraction of sp³-hybridized carbons (Fsp3) is 0.375. The minimum absolute atomic E-state index is 0.0466. The summed E-state index contributed by atoms with van der Waals surface area (Å²) in [6.07, 6.45) is 1.64. The number of benzene rings is 3. The maximum Gasteiger partial charge on any atom is 0.264 e. The smallest absolute Gasteiger partial charge is 0.264 e. The van der Waals surface area contributed by atoms with Gasteiger partial charge in [-0.1, -0.05) is 25.5 Å². The van der Waals surface area contributed by atoms with E-state index in [2.05, 4.69) is 5.32 Å². The summed E-state index contributed by atoms with van der Waals surface area (Å²) in [4.78, 5) is 28.3. The van der Waals surface area contributed by atoms with Gasteiger partial charge in [-0.2, -0.15) is 0 Å². The van der Waals surface area contributed by atoms with Crippen molar-refractivity contribution in [3.05, 3.63) is 78.1 Å². The van der Waals surface area contributed by atoms with Gasteiger partial charge in [0.2, 0.25) is 11.8 Å². The maximum absolute atomic E-state index is 14.1. The molecule has 0 aliphatic carbocycles. The van der Waals surface area contributed by atoms with Crippen molar-refractivity contribution in [2.24, 2.45) is 0 Å². The summed E-state index contributed by atoms with van der Waals surface area (Å²) in [5.74, 6) is -0.402. The second-order valence-electron chi connectivity index (χ2n) is 9.92. The molecule has 0 aliphatic rings. The number of methoxy groups -OCH3 is 2. The average Bonchev–Trinajstić information content (AvgIpc) is 3.03. The van der Waals surface area contributed by atoms with E-state index >= 15 is 0 Å². The summed E-state index contributed by atoms with van der Waals surface area (Å²) in [5.41, 5.74) is 0.779. The Kier molecular flexibility index (Phi) is 12.4. The fourth-order valence-electron chi connectivity index (χ4n) is 4.41. The van der Waals surface area contributed by atoms with Crippen LogP contribution in [0.15, 0.2) is 71.6 Å². The zero-order valence-corrected chi connectivity index (χ0v) is 26.5. The summed E-state index contributed by atoms with van der Waals surface area (Å²) in [5, 5.41) is 2.83. The van der Waals surface area contributed by atoms with Crippen molar-refractivity contribution in [2.45, 2.75) is 51.1 Å². The van der Waals surface area contributed by atoms with E-state index in [1.54, 1.807) is 31.2 Å². The topological polar surface area (TPSA) is 114 Å². The normalized spacial score (nSPS) is 11.8. The van der Waals surface area contributed by atoms with Gasteiger partial charge in [-0.15, -0.1) is 0 Å². The molecule has 3 aromatic carbocycles. The van der Waals surface area contributed by atoms with E-state index in [0.717, 1.165) is 17.1 Å². The molecule has 12 heteroatoms. The molecule has 0 bridgehead atoms. The molecule has 0 aromatic heterocycles. The van der Waals surface area contributed by atoms with Crippen LogP contribution in [0.3, 0.4) is 0 Å². The summed E-state index contributed by atoms with van der Waals surface area (Å²) in [7, 11) is -1.52. The van der Waals surface area contributed by atoms with Crippen molar-refractivity contribution in [3.8, 4) is 17.2 Å². The lowest BCUT2D eigenvalue weighted by molar-refractivity contribution is -0.139. The van der Waals surface area contributed by atoms with E-state index in [9.17, 15) is 22.4 Å². The molecular weight excluding hydrogens is 589 g/mol. The molecule has 3 aromatic rings. The second kappa shape index (κ2) is 15.9. The van der Waals surface area contributed by atoms with Crippen LogP contribution in [-0.2, 0) is 26.2 Å². The van der Waals surface area contributed by atoms with Crippen LogP contribution < -0.4 is 23.8 Å². The first-order chi connectivity index (χ1) is 21.0. The van der Waals surface area contributed by atoms with Crippen molar-refractivity contribution < 1.29 is 36.6 Å². The SMILES string of the molecule is CCCCNC(=O)C(C)N(Cc1ccc(F)cc1)C(=O)CN(c1ccc(OCC)cc1)S(=O)(=O)c1ccc(OC)c(OC)c1. The Morgan fingerprint density at radius 1 is 0.932 bits per heavy atom. The van der Waals surface area contributed by atoms with Crippen LogP contribution in [0, 0.1) is 5.82 Å². The Hall–Kier alpha value is -4.32. The minimum atomic E-state index is -4.35. The third-order valence-electron chi connectivity index (χ3n) is 6.92. The van der Waals surface area contributed by atoms with E-state index in [1.807, 2.05) is 13.8 Å². The van der Waals surface area contributed by atoms with Gasteiger partial charge in [0.25, 0.3) is 10.0 Å². The monoisotopic (exact) mass is 629 g/mol. The van der Waals surface area contributed by atoms with Crippen LogP contribution in [0.1, 0.15) is 39.2 Å². The minimum Gasteiger partial charge on any atom is -0.494 e. The molecule has 1 N–H and O–H groups in total. The lowest BCUT2D eigenvalue weighted by Crippen LogP contribution is -2.51. The standard InChI is InChI=1S/C32H40FN3O7S/c1-6-8-19-34-32(38)23(3)35(21-24-9-11-25(33)12-10-24)31(37)22-36(26-13-15-27(16-14-26)43-7-2)44(39,40)28-17-18-29(41-4)30(20-28)42-5/h9-18,20,23H,6-8,19,21-22H2,1-5H3,(H,34,38). The molecule has 0 heterocycles. The number of anilines is 1. The second-order valence-corrected chi connectivity index (χ2v) is 11.8. The Morgan fingerprint density at radius 2 is 1.59 bits per heavy atom. The third-order valence-corrected chi connectivity index (χ3v) is 8.69. The van der Waals surface area contributed by atoms with Crippen molar-refractivity contribution in [3.63, 3.8) is 0 Å². The van der Waals surface area contributed by atoms with Gasteiger partial charge in [-0.05, 0) is 74.4 Å². The van der Waals surface area contributed by atoms with Gasteiger partial charge in [-0.3, -0.25) is 13.9 Å². The number of amides is 2. The van der Waals surface area contributed by atoms with Crippen LogP contribution in [0.4, 0.5) is 10.1 Å². The average molecular weight is 630 g/mol. The third kappa shape index (κ3) is 8.62. The lowest BCUT2D eigenvalue weighted by atomic mass is 10.1. The lowest BCUT2D eigenvalue weighted by Gasteiger charge is -2.32. The van der Waals surface area contributed by atoms with Gasteiger partial charge in [0.1, 0.15) is 24.2 Å². The number of ether oxygens (including phenoxy) is 3. The molecule has 0 aliphatic heterocycles. The Morgan fingerprint density at radius 3 is 2.18 bits per heavy atom. The summed E-state index contributed by atoms with van der Waals surface area (Å²) in [6, 6.07) is 15.1. The van der Waals surface area contributed by atoms with Gasteiger partial charge < -0.3 is 24.4 Å². The quantitative estimate of drug-likeness (QED) is 0.227. The number of unbranched alkanes of at least 4 members (excludes halogenated alkanes) is 1. The molecule has 0 saturated heterocycles. The molecular formula is C32H40FN3O7S. The number of sulfonamides is 1. The van der Waals surface area contributed by atoms with E-state index in [-0.39, 0.29) is 28.8 Å². The molecule has 2 amide bonds. The molecule has 10 nitrogen and oxygen atoms in total. The first kappa shape index (κ1) is 34.2. The predicted octanol–water partition coefficient (Wildman–Crippen LogP) is 4.77. The fourth-order valence-corrected chi connectivity index (χ4v) is 5.84. The van der Waals surface area contributed by atoms with Crippen molar-refractivity contribution in [1.82, 2.24) is 10.2 Å². The molecule has 238 valence electrons. The van der Waals surface area contributed by atoms with Crippen LogP contribution in [-0.4, -0.2) is 65.1 Å². The highest BCUT2D eigenvalue weighted by molar-refractivity contribution is 7.92. The van der Waals surface area contributed by atoms with Gasteiger partial charge in [0.15, 0.2) is 11.5 Å². The number of halogens is 1. The molecule has 1 atom stereocenters. The van der Waals surface area contributed by atoms with Gasteiger partial charge in [0.05, 0.1) is 31.4 Å². The molecule has 0 fully saturated rings. The van der Waals surface area contributed by atoms with E-state index in [4.69, 9.17) is 14.2 Å². The Balaban J connectivity index is 2.05. The molecule has 0 spiro atoms. The van der Waals surface area contributed by atoms with Crippen LogP contribution in [0.25, 0.3) is 0 Å². The Labute approximate surface area is 258 Å². The number of carbonyl (C=O) groups excluding carboxylic acids is 2. The first-order valence-electron chi connectivity index (χ1n) is 14.3. The maximum atomic E-state index is 14.1. The zero-order valence-electron chi connectivity index (χ0n) is 25.7. The van der Waals surface area contributed by atoms with Gasteiger partial charge in [-0.25, -0.2) is 12.8 Å². The number of hydrogen-bond acceptors (Lipinski definition) is 7. The summed E-state index contributed by atoms with van der Waals surface area (Å²) in [6.45, 7) is 5.58.